The van der Waals surface area contributed by atoms with Crippen LogP contribution in [0.2, 0.25) is 0 Å². The molecule has 0 aliphatic rings. The minimum absolute atomic E-state index is 0.0509. The number of aromatic nitrogens is 1. The zero-order valence-corrected chi connectivity index (χ0v) is 5.79. The maximum atomic E-state index is 11.0. The van der Waals surface area contributed by atoms with Crippen LogP contribution in [0, 0.1) is 0 Å². The average Bonchev–Trinajstić information content (AvgIpc) is 2.36. The molecule has 3 N–H and O–H groups in total. The monoisotopic (exact) mass is 138 g/mol. The third kappa shape index (κ3) is 1.25. The lowest BCUT2D eigenvalue weighted by Crippen LogP contribution is -2.26. The van der Waals surface area contributed by atoms with Crippen LogP contribution in [-0.2, 0) is 0 Å². The molecule has 0 bridgehead atoms. The molecule has 0 saturated carbocycles. The molecular formula is C7H10N2O. The van der Waals surface area contributed by atoms with Crippen LogP contribution in [0.4, 0.5) is 0 Å². The van der Waals surface area contributed by atoms with E-state index in [1.165, 1.54) is 0 Å². The Morgan fingerprint density at radius 1 is 1.80 bits per heavy atom. The summed E-state index contributed by atoms with van der Waals surface area (Å²) in [5.41, 5.74) is 5.94. The highest BCUT2D eigenvalue weighted by atomic mass is 16.1. The van der Waals surface area contributed by atoms with Crippen molar-refractivity contribution < 1.29 is 4.79 Å². The number of carbonyl (C=O) groups is 1. The number of carbonyl (C=O) groups excluding carboxylic acids is 1. The number of Topliss-reactive ketones (excluding diaryl/α,β-unsaturated/α-hetero) is 1. The van der Waals surface area contributed by atoms with E-state index in [1.54, 1.807) is 25.3 Å². The lowest BCUT2D eigenvalue weighted by Gasteiger charge is -1.99. The highest BCUT2D eigenvalue weighted by molar-refractivity contribution is 5.98. The van der Waals surface area contributed by atoms with E-state index in [2.05, 4.69) is 4.98 Å². The summed E-state index contributed by atoms with van der Waals surface area (Å²) in [6.45, 7) is 1.67. The molecule has 0 fully saturated rings. The summed E-state index contributed by atoms with van der Waals surface area (Å²) in [5, 5.41) is 0. The van der Waals surface area contributed by atoms with Gasteiger partial charge in [0, 0.05) is 6.20 Å². The first-order chi connectivity index (χ1) is 4.72. The highest BCUT2D eigenvalue weighted by Gasteiger charge is 2.09. The molecule has 0 amide bonds. The molecule has 0 saturated heterocycles. The molecule has 10 heavy (non-hydrogen) atoms. The van der Waals surface area contributed by atoms with E-state index in [-0.39, 0.29) is 5.78 Å². The van der Waals surface area contributed by atoms with Crippen LogP contribution in [0.1, 0.15) is 17.4 Å². The van der Waals surface area contributed by atoms with Crippen molar-refractivity contribution in [2.75, 3.05) is 0 Å². The molecule has 1 unspecified atom stereocenters. The Morgan fingerprint density at radius 3 is 2.90 bits per heavy atom. The summed E-state index contributed by atoms with van der Waals surface area (Å²) < 4.78 is 0. The molecule has 3 heteroatoms. The van der Waals surface area contributed by atoms with Gasteiger partial charge in [-0.1, -0.05) is 0 Å². The second-order valence-electron chi connectivity index (χ2n) is 2.24. The Morgan fingerprint density at radius 2 is 2.50 bits per heavy atom. The second kappa shape index (κ2) is 2.66. The van der Waals surface area contributed by atoms with Gasteiger partial charge in [0.15, 0.2) is 5.78 Å². The number of rotatable bonds is 2. The zero-order valence-electron chi connectivity index (χ0n) is 5.79. The fourth-order valence-corrected chi connectivity index (χ4v) is 0.729. The molecule has 0 spiro atoms. The predicted molar refractivity (Wildman–Crippen MR) is 38.8 cm³/mol. The molecular weight excluding hydrogens is 128 g/mol. The largest absolute Gasteiger partial charge is 0.359 e. The fourth-order valence-electron chi connectivity index (χ4n) is 0.729. The maximum Gasteiger partial charge on any atom is 0.195 e. The molecule has 54 valence electrons. The Balaban J connectivity index is 2.78. The first-order valence-electron chi connectivity index (χ1n) is 3.15. The van der Waals surface area contributed by atoms with E-state index in [1.807, 2.05) is 0 Å². The van der Waals surface area contributed by atoms with Gasteiger partial charge in [-0.15, -0.1) is 0 Å². The van der Waals surface area contributed by atoms with Crippen molar-refractivity contribution in [3.63, 3.8) is 0 Å². The first-order valence-corrected chi connectivity index (χ1v) is 3.15. The van der Waals surface area contributed by atoms with Gasteiger partial charge in [-0.05, 0) is 19.1 Å². The van der Waals surface area contributed by atoms with Gasteiger partial charge in [-0.3, -0.25) is 4.79 Å². The second-order valence-corrected chi connectivity index (χ2v) is 2.24. The van der Waals surface area contributed by atoms with E-state index >= 15 is 0 Å². The van der Waals surface area contributed by atoms with Crippen molar-refractivity contribution in [2.45, 2.75) is 13.0 Å². The van der Waals surface area contributed by atoms with E-state index in [0.717, 1.165) is 0 Å². The van der Waals surface area contributed by atoms with Crippen LogP contribution in [0.3, 0.4) is 0 Å². The van der Waals surface area contributed by atoms with Crippen molar-refractivity contribution >= 4 is 5.78 Å². The normalized spacial score (nSPS) is 13.0. The number of H-pyrrole nitrogens is 1. The number of hydrogen-bond donors (Lipinski definition) is 2. The van der Waals surface area contributed by atoms with Crippen LogP contribution in [0.15, 0.2) is 18.3 Å². The van der Waals surface area contributed by atoms with Gasteiger partial charge < -0.3 is 10.7 Å². The third-order valence-electron chi connectivity index (χ3n) is 1.28. The summed E-state index contributed by atoms with van der Waals surface area (Å²) in [5.74, 6) is -0.0509. The lowest BCUT2D eigenvalue weighted by atomic mass is 10.2. The van der Waals surface area contributed by atoms with Crippen molar-refractivity contribution in [3.05, 3.63) is 24.0 Å². The fraction of sp³-hybridized carbons (Fsp3) is 0.286. The predicted octanol–water partition coefficient (Wildman–Crippen LogP) is 0.545. The minimum Gasteiger partial charge on any atom is -0.359 e. The Hall–Kier alpha value is -1.09. The van der Waals surface area contributed by atoms with Gasteiger partial charge in [0.25, 0.3) is 0 Å². The molecule has 1 heterocycles. The summed E-state index contributed by atoms with van der Waals surface area (Å²) in [7, 11) is 0. The van der Waals surface area contributed by atoms with Gasteiger partial charge in [-0.2, -0.15) is 0 Å². The van der Waals surface area contributed by atoms with Gasteiger partial charge in [0.05, 0.1) is 11.7 Å². The molecule has 0 aromatic carbocycles. The Labute approximate surface area is 59.2 Å². The summed E-state index contributed by atoms with van der Waals surface area (Å²) in [6, 6.07) is 3.07. The minimum atomic E-state index is -0.418. The third-order valence-corrected chi connectivity index (χ3v) is 1.28. The summed E-state index contributed by atoms with van der Waals surface area (Å²) in [6.07, 6.45) is 1.70. The molecule has 1 rings (SSSR count). The topological polar surface area (TPSA) is 58.9 Å². The zero-order chi connectivity index (χ0) is 7.56. The number of hydrogen-bond acceptors (Lipinski definition) is 2. The Bertz CT molecular complexity index is 214. The van der Waals surface area contributed by atoms with E-state index in [0.29, 0.717) is 5.69 Å². The number of aromatic amines is 1. The molecule has 3 nitrogen and oxygen atoms in total. The SMILES string of the molecule is CC(N)C(=O)c1ccc[nH]1. The maximum absolute atomic E-state index is 11.0. The highest BCUT2D eigenvalue weighted by Crippen LogP contribution is 1.97. The number of nitrogens with one attached hydrogen (secondary N) is 1. The van der Waals surface area contributed by atoms with Crippen LogP contribution in [0.5, 0.6) is 0 Å². The average molecular weight is 138 g/mol. The summed E-state index contributed by atoms with van der Waals surface area (Å²) in [4.78, 5) is 13.8. The van der Waals surface area contributed by atoms with Crippen LogP contribution < -0.4 is 5.73 Å². The Kier molecular flexibility index (Phi) is 1.87. The molecule has 0 radical (unpaired) electrons. The standard InChI is InChI=1S/C7H10N2O/c1-5(8)7(10)6-3-2-4-9-6/h2-5,9H,8H2,1H3. The van der Waals surface area contributed by atoms with Crippen LogP contribution >= 0.6 is 0 Å². The molecule has 0 aliphatic carbocycles. The van der Waals surface area contributed by atoms with Crippen molar-refractivity contribution in [3.8, 4) is 0 Å². The van der Waals surface area contributed by atoms with Crippen molar-refractivity contribution in [2.24, 2.45) is 5.73 Å². The number of nitrogens with two attached hydrogens (primary N) is 1. The lowest BCUT2D eigenvalue weighted by molar-refractivity contribution is 0.0963. The molecule has 1 atom stereocenters. The van der Waals surface area contributed by atoms with E-state index < -0.39 is 6.04 Å². The molecule has 0 aliphatic heterocycles. The van der Waals surface area contributed by atoms with Gasteiger partial charge in [-0.25, -0.2) is 0 Å². The summed E-state index contributed by atoms with van der Waals surface area (Å²) >= 11 is 0. The first kappa shape index (κ1) is 7.02. The van der Waals surface area contributed by atoms with Gasteiger partial charge in [0.1, 0.15) is 0 Å². The molecule has 1 aromatic rings. The molecule has 1 aromatic heterocycles. The number of ketones is 1. The van der Waals surface area contributed by atoms with Crippen molar-refractivity contribution in [1.82, 2.24) is 4.98 Å². The van der Waals surface area contributed by atoms with Crippen LogP contribution in [-0.4, -0.2) is 16.8 Å². The smallest absolute Gasteiger partial charge is 0.195 e. The van der Waals surface area contributed by atoms with Crippen molar-refractivity contribution in [1.29, 1.82) is 0 Å². The van der Waals surface area contributed by atoms with Gasteiger partial charge in [0.2, 0.25) is 0 Å². The quantitative estimate of drug-likeness (QED) is 0.586. The van der Waals surface area contributed by atoms with E-state index in [4.69, 9.17) is 5.73 Å². The van der Waals surface area contributed by atoms with E-state index in [9.17, 15) is 4.79 Å². The van der Waals surface area contributed by atoms with Crippen LogP contribution in [0.25, 0.3) is 0 Å². The van der Waals surface area contributed by atoms with Gasteiger partial charge >= 0.3 is 0 Å².